The van der Waals surface area contributed by atoms with Crippen molar-refractivity contribution in [2.75, 3.05) is 51.8 Å². The van der Waals surface area contributed by atoms with Gasteiger partial charge >= 0.3 is 0 Å². The van der Waals surface area contributed by atoms with Crippen molar-refractivity contribution in [2.45, 2.75) is 13.3 Å². The highest BCUT2D eigenvalue weighted by atomic mass is 16.5. The molecule has 0 saturated carbocycles. The van der Waals surface area contributed by atoms with E-state index in [2.05, 4.69) is 51.7 Å². The summed E-state index contributed by atoms with van der Waals surface area (Å²) in [6.45, 7) is 6.37. The van der Waals surface area contributed by atoms with Crippen LogP contribution in [0.3, 0.4) is 0 Å². The molecular weight excluding hydrogens is 364 g/mol. The van der Waals surface area contributed by atoms with E-state index in [9.17, 15) is 0 Å². The molecule has 0 spiro atoms. The topological polar surface area (TPSA) is 58.1 Å². The number of ether oxygens (including phenoxy) is 2. The number of hydrogen-bond acceptors (Lipinski definition) is 4. The van der Waals surface area contributed by atoms with Crippen molar-refractivity contribution in [3.63, 3.8) is 0 Å². The van der Waals surface area contributed by atoms with Gasteiger partial charge in [-0.15, -0.1) is 0 Å². The highest BCUT2D eigenvalue weighted by molar-refractivity contribution is 5.79. The number of guanidine groups is 1. The maximum absolute atomic E-state index is 5.75. The molecule has 0 aromatic heterocycles. The summed E-state index contributed by atoms with van der Waals surface area (Å²) in [4.78, 5) is 6.73. The largest absolute Gasteiger partial charge is 0.497 e. The van der Waals surface area contributed by atoms with Crippen LogP contribution in [0.1, 0.15) is 12.0 Å². The summed E-state index contributed by atoms with van der Waals surface area (Å²) in [7, 11) is 3.51. The summed E-state index contributed by atoms with van der Waals surface area (Å²) in [5, 5.41) is 6.76. The predicted octanol–water partition coefficient (Wildman–Crippen LogP) is 3.07. The molecule has 1 saturated heterocycles. The summed E-state index contributed by atoms with van der Waals surface area (Å²) >= 11 is 0. The Morgan fingerprint density at radius 2 is 1.97 bits per heavy atom. The second-order valence-electron chi connectivity index (χ2n) is 7.34. The van der Waals surface area contributed by atoms with Crippen LogP contribution >= 0.6 is 0 Å². The van der Waals surface area contributed by atoms with E-state index < -0.39 is 0 Å². The number of benzene rings is 2. The van der Waals surface area contributed by atoms with Crippen LogP contribution in [-0.2, 0) is 0 Å². The van der Waals surface area contributed by atoms with E-state index in [1.165, 1.54) is 11.3 Å². The fourth-order valence-electron chi connectivity index (χ4n) is 3.48. The highest BCUT2D eigenvalue weighted by Crippen LogP contribution is 2.26. The van der Waals surface area contributed by atoms with Crippen LogP contribution in [0.5, 0.6) is 11.5 Å². The number of anilines is 1. The van der Waals surface area contributed by atoms with E-state index in [0.717, 1.165) is 43.5 Å². The SMILES string of the molecule is CN=C(NCCOc1ccc(C)cc1)NCC1CCN(c2cccc(OC)c2)C1. The minimum atomic E-state index is 0.587. The first-order valence-electron chi connectivity index (χ1n) is 10.2. The monoisotopic (exact) mass is 396 g/mol. The van der Waals surface area contributed by atoms with E-state index in [4.69, 9.17) is 9.47 Å². The molecule has 6 heteroatoms. The minimum Gasteiger partial charge on any atom is -0.497 e. The third kappa shape index (κ3) is 6.31. The molecule has 3 rings (SSSR count). The first-order chi connectivity index (χ1) is 14.2. The Morgan fingerprint density at radius 3 is 2.72 bits per heavy atom. The van der Waals surface area contributed by atoms with Crippen LogP contribution < -0.4 is 25.0 Å². The summed E-state index contributed by atoms with van der Waals surface area (Å²) in [6.07, 6.45) is 1.16. The van der Waals surface area contributed by atoms with Gasteiger partial charge in [-0.3, -0.25) is 4.99 Å². The lowest BCUT2D eigenvalue weighted by Gasteiger charge is -2.20. The standard InChI is InChI=1S/C23H32N4O2/c1-18-7-9-21(10-8-18)29-14-12-25-23(24-2)26-16-19-11-13-27(17-19)20-5-4-6-22(15-20)28-3/h4-10,15,19H,11-14,16-17H2,1-3H3,(H2,24,25,26). The number of nitrogens with zero attached hydrogens (tertiary/aromatic N) is 2. The average molecular weight is 397 g/mol. The van der Waals surface area contributed by atoms with Gasteiger partial charge in [-0.1, -0.05) is 23.8 Å². The Balaban J connectivity index is 1.36. The number of hydrogen-bond donors (Lipinski definition) is 2. The van der Waals surface area contributed by atoms with E-state index in [1.807, 2.05) is 24.3 Å². The number of aryl methyl sites for hydroxylation is 1. The predicted molar refractivity (Wildman–Crippen MR) is 119 cm³/mol. The molecule has 0 radical (unpaired) electrons. The van der Waals surface area contributed by atoms with Gasteiger partial charge < -0.3 is 25.0 Å². The van der Waals surface area contributed by atoms with E-state index in [0.29, 0.717) is 19.1 Å². The first kappa shape index (κ1) is 20.8. The molecule has 156 valence electrons. The van der Waals surface area contributed by atoms with Crippen molar-refractivity contribution in [3.05, 3.63) is 54.1 Å². The number of methoxy groups -OCH3 is 1. The van der Waals surface area contributed by atoms with Crippen molar-refractivity contribution in [3.8, 4) is 11.5 Å². The van der Waals surface area contributed by atoms with Crippen molar-refractivity contribution < 1.29 is 9.47 Å². The molecule has 1 aliphatic heterocycles. The number of aliphatic imine (C=N–C) groups is 1. The lowest BCUT2D eigenvalue weighted by molar-refractivity contribution is 0.321. The fraction of sp³-hybridized carbons (Fsp3) is 0.435. The normalized spacial score (nSPS) is 16.6. The van der Waals surface area contributed by atoms with E-state index in [1.54, 1.807) is 14.2 Å². The molecule has 1 atom stereocenters. The van der Waals surface area contributed by atoms with Crippen molar-refractivity contribution in [1.82, 2.24) is 10.6 Å². The molecule has 1 fully saturated rings. The molecule has 6 nitrogen and oxygen atoms in total. The van der Waals surface area contributed by atoms with Crippen LogP contribution in [0.2, 0.25) is 0 Å². The molecule has 29 heavy (non-hydrogen) atoms. The van der Waals surface area contributed by atoms with Gasteiger partial charge in [0.1, 0.15) is 18.1 Å². The van der Waals surface area contributed by atoms with Gasteiger partial charge in [0, 0.05) is 38.4 Å². The maximum Gasteiger partial charge on any atom is 0.191 e. The van der Waals surface area contributed by atoms with Gasteiger partial charge in [0.25, 0.3) is 0 Å². The van der Waals surface area contributed by atoms with Crippen molar-refractivity contribution >= 4 is 11.6 Å². The molecule has 0 amide bonds. The molecule has 0 bridgehead atoms. The van der Waals surface area contributed by atoms with Gasteiger partial charge in [0.2, 0.25) is 0 Å². The second-order valence-corrected chi connectivity index (χ2v) is 7.34. The van der Waals surface area contributed by atoms with Crippen LogP contribution in [0.25, 0.3) is 0 Å². The van der Waals surface area contributed by atoms with Crippen LogP contribution in [-0.4, -0.2) is 52.9 Å². The van der Waals surface area contributed by atoms with Gasteiger partial charge in [-0.05, 0) is 43.5 Å². The lowest BCUT2D eigenvalue weighted by Crippen LogP contribution is -2.41. The molecule has 2 N–H and O–H groups in total. The zero-order chi connectivity index (χ0) is 20.5. The van der Waals surface area contributed by atoms with E-state index >= 15 is 0 Å². The van der Waals surface area contributed by atoms with Crippen LogP contribution in [0.15, 0.2) is 53.5 Å². The molecular formula is C23H32N4O2. The Morgan fingerprint density at radius 1 is 1.14 bits per heavy atom. The van der Waals surface area contributed by atoms with E-state index in [-0.39, 0.29) is 0 Å². The second kappa shape index (κ2) is 10.6. The summed E-state index contributed by atoms with van der Waals surface area (Å²) in [5.41, 5.74) is 2.46. The quantitative estimate of drug-likeness (QED) is 0.408. The van der Waals surface area contributed by atoms with Crippen LogP contribution in [0.4, 0.5) is 5.69 Å². The third-order valence-corrected chi connectivity index (χ3v) is 5.17. The summed E-state index contributed by atoms with van der Waals surface area (Å²) < 4.78 is 11.1. The molecule has 0 aliphatic carbocycles. The van der Waals surface area contributed by atoms with Crippen molar-refractivity contribution in [1.29, 1.82) is 0 Å². The Labute approximate surface area is 173 Å². The third-order valence-electron chi connectivity index (χ3n) is 5.17. The van der Waals surface area contributed by atoms with Gasteiger partial charge in [-0.2, -0.15) is 0 Å². The first-order valence-corrected chi connectivity index (χ1v) is 10.2. The zero-order valence-corrected chi connectivity index (χ0v) is 17.6. The average Bonchev–Trinajstić information content (AvgIpc) is 3.23. The van der Waals surface area contributed by atoms with Gasteiger partial charge in [-0.25, -0.2) is 0 Å². The molecule has 2 aromatic rings. The zero-order valence-electron chi connectivity index (χ0n) is 17.6. The Kier molecular flexibility index (Phi) is 7.61. The minimum absolute atomic E-state index is 0.587. The van der Waals surface area contributed by atoms with Crippen LogP contribution in [0, 0.1) is 12.8 Å². The fourth-order valence-corrected chi connectivity index (χ4v) is 3.48. The van der Waals surface area contributed by atoms with Crippen molar-refractivity contribution in [2.24, 2.45) is 10.9 Å². The summed E-state index contributed by atoms with van der Waals surface area (Å²) in [5.74, 6) is 3.20. The molecule has 2 aromatic carbocycles. The molecule has 1 aliphatic rings. The number of nitrogens with one attached hydrogen (secondary N) is 2. The molecule has 1 heterocycles. The van der Waals surface area contributed by atoms with Gasteiger partial charge in [0.15, 0.2) is 5.96 Å². The lowest BCUT2D eigenvalue weighted by atomic mass is 10.1. The highest BCUT2D eigenvalue weighted by Gasteiger charge is 2.23. The Hall–Kier alpha value is -2.89. The number of rotatable bonds is 8. The molecule has 1 unspecified atom stereocenters. The smallest absolute Gasteiger partial charge is 0.191 e. The maximum atomic E-state index is 5.75. The summed E-state index contributed by atoms with van der Waals surface area (Å²) in [6, 6.07) is 16.4. The van der Waals surface area contributed by atoms with Gasteiger partial charge in [0.05, 0.1) is 13.7 Å². The Bertz CT molecular complexity index is 792.